The molecule has 0 aromatic carbocycles. The molecular weight excluding hydrogens is 229 g/mol. The first-order chi connectivity index (χ1) is 8.65. The van der Waals surface area contributed by atoms with Gasteiger partial charge in [-0.05, 0) is 39.1 Å². The topological polar surface area (TPSA) is 29.9 Å². The maximum Gasteiger partial charge on any atom is 0.123 e. The van der Waals surface area contributed by atoms with Crippen molar-refractivity contribution in [3.05, 3.63) is 48.1 Å². The molecule has 0 aliphatic heterocycles. The van der Waals surface area contributed by atoms with Crippen molar-refractivity contribution in [2.45, 2.75) is 26.9 Å². The van der Waals surface area contributed by atoms with Crippen molar-refractivity contribution in [1.29, 1.82) is 0 Å². The van der Waals surface area contributed by atoms with E-state index in [1.807, 2.05) is 37.7 Å². The van der Waals surface area contributed by atoms with Crippen LogP contribution in [0.25, 0.3) is 5.57 Å². The van der Waals surface area contributed by atoms with Crippen molar-refractivity contribution in [2.24, 2.45) is 0 Å². The van der Waals surface area contributed by atoms with E-state index < -0.39 is 0 Å². The summed E-state index contributed by atoms with van der Waals surface area (Å²) in [6.07, 6.45) is 4.47. The van der Waals surface area contributed by atoms with Crippen LogP contribution in [0.4, 0.5) is 4.39 Å². The van der Waals surface area contributed by atoms with Gasteiger partial charge in [0.1, 0.15) is 5.83 Å². The fourth-order valence-electron chi connectivity index (χ4n) is 1.71. The van der Waals surface area contributed by atoms with Gasteiger partial charge in [-0.1, -0.05) is 12.7 Å². The molecule has 1 aromatic heterocycles. The van der Waals surface area contributed by atoms with Crippen LogP contribution in [0.15, 0.2) is 36.7 Å². The van der Waals surface area contributed by atoms with Crippen LogP contribution in [-0.2, 0) is 13.1 Å². The fraction of sp³-hybridized carbons (Fsp3) is 0.357. The Balaban J connectivity index is 3.12. The zero-order chi connectivity index (χ0) is 13.5. The summed E-state index contributed by atoms with van der Waals surface area (Å²) in [5.41, 5.74) is 2.63. The molecule has 1 rings (SSSR count). The molecule has 0 bridgehead atoms. The molecule has 0 amide bonds. The predicted octanol–water partition coefficient (Wildman–Crippen LogP) is 3.07. The summed E-state index contributed by atoms with van der Waals surface area (Å²) < 4.78 is 15.2. The molecule has 0 spiro atoms. The average Bonchev–Trinajstić information content (AvgIpc) is 2.79. The quantitative estimate of drug-likeness (QED) is 0.785. The van der Waals surface area contributed by atoms with Gasteiger partial charge in [-0.2, -0.15) is 5.10 Å². The zero-order valence-electron chi connectivity index (χ0n) is 11.2. The molecule has 1 aromatic rings. The van der Waals surface area contributed by atoms with E-state index >= 15 is 0 Å². The minimum Gasteiger partial charge on any atom is -0.314 e. The fourth-order valence-corrected chi connectivity index (χ4v) is 1.71. The third-order valence-corrected chi connectivity index (χ3v) is 2.62. The first kappa shape index (κ1) is 14.4. The van der Waals surface area contributed by atoms with Crippen LogP contribution < -0.4 is 5.32 Å². The lowest BCUT2D eigenvalue weighted by atomic mass is 10.1. The highest BCUT2D eigenvalue weighted by molar-refractivity contribution is 5.72. The number of aryl methyl sites for hydroxylation is 1. The van der Waals surface area contributed by atoms with Gasteiger partial charge < -0.3 is 5.32 Å². The van der Waals surface area contributed by atoms with Gasteiger partial charge in [0.2, 0.25) is 0 Å². The molecule has 0 fully saturated rings. The number of rotatable bonds is 6. The third-order valence-electron chi connectivity index (χ3n) is 2.62. The number of nitrogens with one attached hydrogen (secondary N) is 1. The Labute approximate surface area is 108 Å². The number of hydrogen-bond donors (Lipinski definition) is 1. The minimum atomic E-state index is -0.357. The van der Waals surface area contributed by atoms with E-state index in [1.165, 1.54) is 12.2 Å². The van der Waals surface area contributed by atoms with E-state index in [1.54, 1.807) is 0 Å². The van der Waals surface area contributed by atoms with E-state index in [0.717, 1.165) is 30.1 Å². The minimum absolute atomic E-state index is 0.357. The van der Waals surface area contributed by atoms with Crippen LogP contribution >= 0.6 is 0 Å². The summed E-state index contributed by atoms with van der Waals surface area (Å²) in [7, 11) is 1.89. The second kappa shape index (κ2) is 6.91. The predicted molar refractivity (Wildman–Crippen MR) is 73.7 cm³/mol. The summed E-state index contributed by atoms with van der Waals surface area (Å²) in [6.45, 7) is 8.84. The second-order valence-electron chi connectivity index (χ2n) is 3.84. The lowest BCUT2D eigenvalue weighted by molar-refractivity contribution is 0.602. The molecule has 1 N–H and O–H groups in total. The van der Waals surface area contributed by atoms with E-state index in [2.05, 4.69) is 17.0 Å². The number of nitrogens with zero attached hydrogens (tertiary/aromatic N) is 2. The monoisotopic (exact) mass is 249 g/mol. The Bertz CT molecular complexity index is 469. The molecule has 0 aliphatic carbocycles. The molecule has 0 atom stereocenters. The molecule has 0 aliphatic rings. The maximum absolute atomic E-state index is 13.2. The van der Waals surface area contributed by atoms with Crippen molar-refractivity contribution in [3.63, 3.8) is 0 Å². The molecule has 4 heteroatoms. The summed E-state index contributed by atoms with van der Waals surface area (Å²) in [6, 6.07) is 1.97. The molecule has 18 heavy (non-hydrogen) atoms. The number of halogens is 1. The first-order valence-corrected chi connectivity index (χ1v) is 6.03. The van der Waals surface area contributed by atoms with Crippen LogP contribution in [0.2, 0.25) is 0 Å². The molecule has 3 nitrogen and oxygen atoms in total. The van der Waals surface area contributed by atoms with Crippen LogP contribution in [0.3, 0.4) is 0 Å². The van der Waals surface area contributed by atoms with Crippen molar-refractivity contribution >= 4 is 5.57 Å². The highest BCUT2D eigenvalue weighted by Crippen LogP contribution is 2.18. The maximum atomic E-state index is 13.2. The Morgan fingerprint density at radius 3 is 2.83 bits per heavy atom. The van der Waals surface area contributed by atoms with E-state index in [0.29, 0.717) is 0 Å². The molecule has 0 saturated carbocycles. The number of allylic oxidation sites excluding steroid dienone is 5. The highest BCUT2D eigenvalue weighted by Gasteiger charge is 2.08. The Morgan fingerprint density at radius 2 is 2.33 bits per heavy atom. The largest absolute Gasteiger partial charge is 0.314 e. The SMILES string of the molecule is C=C/C(F)=C\C(=C/C)c1cc(CNC)n(CC)n1. The number of hydrogen-bond acceptors (Lipinski definition) is 2. The van der Waals surface area contributed by atoms with Gasteiger partial charge in [0.05, 0.1) is 11.4 Å². The lowest BCUT2D eigenvalue weighted by Gasteiger charge is -2.02. The molecule has 0 radical (unpaired) electrons. The average molecular weight is 249 g/mol. The smallest absolute Gasteiger partial charge is 0.123 e. The van der Waals surface area contributed by atoms with Crippen molar-refractivity contribution < 1.29 is 4.39 Å². The van der Waals surface area contributed by atoms with Crippen LogP contribution in [0.5, 0.6) is 0 Å². The van der Waals surface area contributed by atoms with Gasteiger partial charge in [-0.3, -0.25) is 4.68 Å². The second-order valence-corrected chi connectivity index (χ2v) is 3.84. The molecule has 1 heterocycles. The summed E-state index contributed by atoms with van der Waals surface area (Å²) in [5, 5.41) is 7.56. The summed E-state index contributed by atoms with van der Waals surface area (Å²) >= 11 is 0. The van der Waals surface area contributed by atoms with Gasteiger partial charge in [0.15, 0.2) is 0 Å². The van der Waals surface area contributed by atoms with Crippen molar-refractivity contribution in [2.75, 3.05) is 7.05 Å². The molecular formula is C14H20FN3. The lowest BCUT2D eigenvalue weighted by Crippen LogP contribution is -2.11. The van der Waals surface area contributed by atoms with Crippen LogP contribution in [-0.4, -0.2) is 16.8 Å². The standard InChI is InChI=1S/C14H20FN3/c1-5-11(8-12(15)6-2)14-9-13(10-16-4)18(7-3)17-14/h5-6,8-9,16H,2,7,10H2,1,3-4H3/b11-5+,12-8+. The first-order valence-electron chi connectivity index (χ1n) is 6.03. The highest BCUT2D eigenvalue weighted by atomic mass is 19.1. The van der Waals surface area contributed by atoms with E-state index in [9.17, 15) is 4.39 Å². The van der Waals surface area contributed by atoms with E-state index in [4.69, 9.17) is 0 Å². The van der Waals surface area contributed by atoms with Gasteiger partial charge in [-0.25, -0.2) is 4.39 Å². The van der Waals surface area contributed by atoms with Crippen LogP contribution in [0, 0.1) is 0 Å². The van der Waals surface area contributed by atoms with Gasteiger partial charge in [-0.15, -0.1) is 0 Å². The Hall–Kier alpha value is -1.68. The third kappa shape index (κ3) is 3.40. The Morgan fingerprint density at radius 1 is 1.61 bits per heavy atom. The Kier molecular flexibility index (Phi) is 5.52. The van der Waals surface area contributed by atoms with Crippen molar-refractivity contribution in [1.82, 2.24) is 15.1 Å². The zero-order valence-corrected chi connectivity index (χ0v) is 11.2. The van der Waals surface area contributed by atoms with Crippen molar-refractivity contribution in [3.8, 4) is 0 Å². The summed E-state index contributed by atoms with van der Waals surface area (Å²) in [4.78, 5) is 0. The van der Waals surface area contributed by atoms with Gasteiger partial charge >= 0.3 is 0 Å². The molecule has 0 saturated heterocycles. The van der Waals surface area contributed by atoms with Gasteiger partial charge in [0.25, 0.3) is 0 Å². The molecule has 0 unspecified atom stereocenters. The van der Waals surface area contributed by atoms with Gasteiger partial charge in [0, 0.05) is 18.7 Å². The number of aromatic nitrogens is 2. The normalized spacial score (nSPS) is 12.9. The van der Waals surface area contributed by atoms with E-state index in [-0.39, 0.29) is 5.83 Å². The van der Waals surface area contributed by atoms with Crippen LogP contribution in [0.1, 0.15) is 25.2 Å². The summed E-state index contributed by atoms with van der Waals surface area (Å²) in [5.74, 6) is -0.357. The molecule has 98 valence electrons.